The summed E-state index contributed by atoms with van der Waals surface area (Å²) in [7, 11) is 0. The molecule has 2 rings (SSSR count). The zero-order valence-electron chi connectivity index (χ0n) is 9.58. The second-order valence-electron chi connectivity index (χ2n) is 4.50. The van der Waals surface area contributed by atoms with Gasteiger partial charge >= 0.3 is 0 Å². The predicted octanol–water partition coefficient (Wildman–Crippen LogP) is 3.17. The molecular weight excluding hydrogens is 205 g/mol. The largest absolute Gasteiger partial charge is 0.487 e. The number of benzene rings is 1. The van der Waals surface area contributed by atoms with Crippen LogP contribution in [0.2, 0.25) is 0 Å². The van der Waals surface area contributed by atoms with Crippen LogP contribution in [0.5, 0.6) is 5.75 Å². The van der Waals surface area contributed by atoms with Crippen molar-refractivity contribution in [1.82, 2.24) is 0 Å². The van der Waals surface area contributed by atoms with E-state index in [4.69, 9.17) is 10.5 Å². The van der Waals surface area contributed by atoms with Gasteiger partial charge in [-0.25, -0.2) is 4.39 Å². The summed E-state index contributed by atoms with van der Waals surface area (Å²) >= 11 is 0. The van der Waals surface area contributed by atoms with Gasteiger partial charge in [0.25, 0.3) is 0 Å². The maximum Gasteiger partial charge on any atom is 0.165 e. The van der Waals surface area contributed by atoms with Crippen molar-refractivity contribution in [3.8, 4) is 5.75 Å². The van der Waals surface area contributed by atoms with Gasteiger partial charge in [0.05, 0.1) is 6.10 Å². The van der Waals surface area contributed by atoms with E-state index in [0.29, 0.717) is 5.75 Å². The summed E-state index contributed by atoms with van der Waals surface area (Å²) in [5, 5.41) is 0. The van der Waals surface area contributed by atoms with E-state index in [1.807, 2.05) is 13.0 Å². The maximum absolute atomic E-state index is 13.7. The first-order valence-corrected chi connectivity index (χ1v) is 5.88. The van der Waals surface area contributed by atoms with Crippen LogP contribution in [0.1, 0.15) is 44.2 Å². The van der Waals surface area contributed by atoms with Gasteiger partial charge in [0, 0.05) is 6.04 Å². The van der Waals surface area contributed by atoms with E-state index >= 15 is 0 Å². The Morgan fingerprint density at radius 2 is 2.06 bits per heavy atom. The third-order valence-corrected chi connectivity index (χ3v) is 3.08. The molecule has 88 valence electrons. The summed E-state index contributed by atoms with van der Waals surface area (Å²) in [5.41, 5.74) is 6.49. The van der Waals surface area contributed by atoms with Crippen LogP contribution < -0.4 is 10.5 Å². The Balaban J connectivity index is 2.09. The first-order chi connectivity index (χ1) is 7.66. The third-order valence-electron chi connectivity index (χ3n) is 3.08. The minimum atomic E-state index is -0.304. The molecule has 2 nitrogen and oxygen atoms in total. The number of ether oxygens (including phenoxy) is 1. The van der Waals surface area contributed by atoms with Gasteiger partial charge in [-0.1, -0.05) is 6.07 Å². The number of rotatable bonds is 3. The van der Waals surface area contributed by atoms with E-state index in [1.54, 1.807) is 6.07 Å². The van der Waals surface area contributed by atoms with Crippen LogP contribution in [0.4, 0.5) is 4.39 Å². The molecule has 1 atom stereocenters. The molecule has 0 aliphatic heterocycles. The van der Waals surface area contributed by atoms with Gasteiger partial charge < -0.3 is 10.5 Å². The molecule has 0 bridgehead atoms. The lowest BCUT2D eigenvalue weighted by Gasteiger charge is -2.15. The van der Waals surface area contributed by atoms with Crippen molar-refractivity contribution in [3.63, 3.8) is 0 Å². The highest BCUT2D eigenvalue weighted by atomic mass is 19.1. The molecule has 0 radical (unpaired) electrons. The zero-order chi connectivity index (χ0) is 11.5. The Morgan fingerprint density at radius 1 is 1.38 bits per heavy atom. The fraction of sp³-hybridized carbons (Fsp3) is 0.538. The average Bonchev–Trinajstić information content (AvgIpc) is 2.73. The van der Waals surface area contributed by atoms with Crippen molar-refractivity contribution < 1.29 is 9.13 Å². The monoisotopic (exact) mass is 223 g/mol. The summed E-state index contributed by atoms with van der Waals surface area (Å²) in [6, 6.07) is 4.84. The van der Waals surface area contributed by atoms with Crippen molar-refractivity contribution in [2.45, 2.75) is 44.8 Å². The van der Waals surface area contributed by atoms with Crippen LogP contribution in [-0.4, -0.2) is 6.10 Å². The molecule has 0 aromatic heterocycles. The quantitative estimate of drug-likeness (QED) is 0.854. The van der Waals surface area contributed by atoms with E-state index in [-0.39, 0.29) is 18.0 Å². The molecule has 3 heteroatoms. The average molecular weight is 223 g/mol. The molecule has 0 unspecified atom stereocenters. The summed E-state index contributed by atoms with van der Waals surface area (Å²) in [6.07, 6.45) is 4.63. The Labute approximate surface area is 95.6 Å². The lowest BCUT2D eigenvalue weighted by molar-refractivity contribution is 0.200. The van der Waals surface area contributed by atoms with Gasteiger partial charge in [-0.05, 0) is 50.3 Å². The molecule has 0 amide bonds. The zero-order valence-corrected chi connectivity index (χ0v) is 9.58. The van der Waals surface area contributed by atoms with Gasteiger partial charge in [-0.3, -0.25) is 0 Å². The summed E-state index contributed by atoms with van der Waals surface area (Å²) in [4.78, 5) is 0. The molecule has 0 heterocycles. The molecule has 1 aromatic carbocycles. The molecule has 1 aliphatic carbocycles. The molecule has 2 N–H and O–H groups in total. The summed E-state index contributed by atoms with van der Waals surface area (Å²) in [6.45, 7) is 1.84. The smallest absolute Gasteiger partial charge is 0.165 e. The van der Waals surface area contributed by atoms with Crippen molar-refractivity contribution in [3.05, 3.63) is 29.6 Å². The second kappa shape index (κ2) is 4.83. The lowest BCUT2D eigenvalue weighted by atomic mass is 10.1. The van der Waals surface area contributed by atoms with Crippen LogP contribution in [0.15, 0.2) is 18.2 Å². The first kappa shape index (κ1) is 11.4. The maximum atomic E-state index is 13.7. The van der Waals surface area contributed by atoms with E-state index < -0.39 is 0 Å². The van der Waals surface area contributed by atoms with Gasteiger partial charge in [0.2, 0.25) is 0 Å². The standard InChI is InChI=1S/C13H18FNO/c1-9(15)10-6-7-13(12(14)8-10)16-11-4-2-3-5-11/h6-9,11H,2-5,15H2,1H3/t9-/m1/s1. The van der Waals surface area contributed by atoms with E-state index in [2.05, 4.69) is 0 Å². The summed E-state index contributed by atoms with van der Waals surface area (Å²) < 4.78 is 19.3. The highest BCUT2D eigenvalue weighted by Gasteiger charge is 2.18. The topological polar surface area (TPSA) is 35.2 Å². The molecule has 1 aliphatic rings. The second-order valence-corrected chi connectivity index (χ2v) is 4.50. The highest BCUT2D eigenvalue weighted by molar-refractivity contribution is 5.30. The number of halogens is 1. The number of nitrogens with two attached hydrogens (primary N) is 1. The molecule has 1 aromatic rings. The van der Waals surface area contributed by atoms with Gasteiger partial charge in [0.1, 0.15) is 0 Å². The molecule has 0 spiro atoms. The predicted molar refractivity (Wildman–Crippen MR) is 61.9 cm³/mol. The van der Waals surface area contributed by atoms with E-state index in [1.165, 1.54) is 18.9 Å². The third kappa shape index (κ3) is 2.53. The van der Waals surface area contributed by atoms with Crippen molar-refractivity contribution in [2.75, 3.05) is 0 Å². The molecule has 1 saturated carbocycles. The SMILES string of the molecule is C[C@@H](N)c1ccc(OC2CCCC2)c(F)c1. The Bertz CT molecular complexity index is 359. The number of hydrogen-bond acceptors (Lipinski definition) is 2. The highest BCUT2D eigenvalue weighted by Crippen LogP contribution is 2.27. The first-order valence-electron chi connectivity index (χ1n) is 5.88. The fourth-order valence-corrected chi connectivity index (χ4v) is 2.08. The lowest BCUT2D eigenvalue weighted by Crippen LogP contribution is -2.12. The van der Waals surface area contributed by atoms with Gasteiger partial charge in [-0.2, -0.15) is 0 Å². The minimum Gasteiger partial charge on any atom is -0.487 e. The Morgan fingerprint density at radius 3 is 2.62 bits per heavy atom. The molecule has 0 saturated heterocycles. The normalized spacial score (nSPS) is 18.7. The Hall–Kier alpha value is -1.09. The van der Waals surface area contributed by atoms with E-state index in [9.17, 15) is 4.39 Å². The van der Waals surface area contributed by atoms with Crippen LogP contribution in [0.3, 0.4) is 0 Å². The summed E-state index contributed by atoms with van der Waals surface area (Å²) in [5.74, 6) is 0.0537. The van der Waals surface area contributed by atoms with Crippen molar-refractivity contribution >= 4 is 0 Å². The fourth-order valence-electron chi connectivity index (χ4n) is 2.08. The Kier molecular flexibility index (Phi) is 3.44. The van der Waals surface area contributed by atoms with Crippen LogP contribution in [0, 0.1) is 5.82 Å². The van der Waals surface area contributed by atoms with Crippen LogP contribution in [0.25, 0.3) is 0 Å². The van der Waals surface area contributed by atoms with Crippen molar-refractivity contribution in [1.29, 1.82) is 0 Å². The van der Waals surface area contributed by atoms with E-state index in [0.717, 1.165) is 18.4 Å². The molecular formula is C13H18FNO. The van der Waals surface area contributed by atoms with Gasteiger partial charge in [-0.15, -0.1) is 0 Å². The van der Waals surface area contributed by atoms with Gasteiger partial charge in [0.15, 0.2) is 11.6 Å². The van der Waals surface area contributed by atoms with Crippen LogP contribution in [-0.2, 0) is 0 Å². The van der Waals surface area contributed by atoms with Crippen LogP contribution >= 0.6 is 0 Å². The van der Waals surface area contributed by atoms with Crippen molar-refractivity contribution in [2.24, 2.45) is 5.73 Å². The molecule has 1 fully saturated rings. The number of hydrogen-bond donors (Lipinski definition) is 1. The molecule has 16 heavy (non-hydrogen) atoms. The minimum absolute atomic E-state index is 0.143.